The number of benzene rings is 1. The SMILES string of the molecule is CSc1ccc(C2C(C(=O)OCC(C)C)=C(C)N=c3sc(=Cc4sccc4C)c(=O)n32)cc1. The number of hydrogen-bond acceptors (Lipinski definition) is 7. The van der Waals surface area contributed by atoms with E-state index in [0.717, 1.165) is 20.9 Å². The van der Waals surface area contributed by atoms with Gasteiger partial charge in [-0.25, -0.2) is 9.79 Å². The minimum atomic E-state index is -0.580. The topological polar surface area (TPSA) is 60.7 Å². The summed E-state index contributed by atoms with van der Waals surface area (Å²) in [5, 5.41) is 2.02. The first-order valence-corrected chi connectivity index (χ1v) is 13.6. The number of fused-ring (bicyclic) bond motifs is 1. The number of ether oxygens (including phenoxy) is 1. The van der Waals surface area contributed by atoms with E-state index in [9.17, 15) is 9.59 Å². The summed E-state index contributed by atoms with van der Waals surface area (Å²) < 4.78 is 7.85. The van der Waals surface area contributed by atoms with Crippen molar-refractivity contribution >= 4 is 46.5 Å². The third-order valence-corrected chi connectivity index (χ3v) is 8.08. The molecule has 3 aromatic rings. The number of rotatable bonds is 6. The Bertz CT molecular complexity index is 1390. The van der Waals surface area contributed by atoms with Crippen LogP contribution in [0.4, 0.5) is 0 Å². The molecule has 3 heterocycles. The first-order valence-electron chi connectivity index (χ1n) is 10.7. The molecule has 0 spiro atoms. The van der Waals surface area contributed by atoms with Crippen LogP contribution < -0.4 is 14.9 Å². The number of carbonyl (C=O) groups excluding carboxylic acids is 1. The zero-order valence-electron chi connectivity index (χ0n) is 19.2. The highest BCUT2D eigenvalue weighted by Crippen LogP contribution is 2.31. The van der Waals surface area contributed by atoms with Gasteiger partial charge in [-0.15, -0.1) is 23.1 Å². The quantitative estimate of drug-likeness (QED) is 0.370. The average Bonchev–Trinajstić information content (AvgIpc) is 3.33. The second-order valence-electron chi connectivity index (χ2n) is 8.32. The summed E-state index contributed by atoms with van der Waals surface area (Å²) >= 11 is 4.60. The normalized spacial score (nSPS) is 16.2. The highest BCUT2D eigenvalue weighted by Gasteiger charge is 2.33. The Morgan fingerprint density at radius 1 is 1.24 bits per heavy atom. The molecule has 0 bridgehead atoms. The fourth-order valence-corrected chi connectivity index (χ4v) is 6.03. The number of aromatic nitrogens is 1. The molecule has 0 saturated carbocycles. The molecule has 1 aliphatic rings. The molecule has 0 aliphatic carbocycles. The highest BCUT2D eigenvalue weighted by molar-refractivity contribution is 7.98. The van der Waals surface area contributed by atoms with Crippen LogP contribution in [-0.2, 0) is 9.53 Å². The van der Waals surface area contributed by atoms with E-state index in [-0.39, 0.29) is 11.5 Å². The number of aryl methyl sites for hydroxylation is 1. The second-order valence-corrected chi connectivity index (χ2v) is 11.2. The first kappa shape index (κ1) is 23.7. The predicted molar refractivity (Wildman–Crippen MR) is 137 cm³/mol. The van der Waals surface area contributed by atoms with Gasteiger partial charge >= 0.3 is 5.97 Å². The lowest BCUT2D eigenvalue weighted by atomic mass is 9.96. The van der Waals surface area contributed by atoms with Gasteiger partial charge in [0.25, 0.3) is 5.56 Å². The van der Waals surface area contributed by atoms with Crippen LogP contribution in [0.15, 0.2) is 61.7 Å². The van der Waals surface area contributed by atoms with Gasteiger partial charge in [0.05, 0.1) is 28.5 Å². The molecule has 2 aromatic heterocycles. The van der Waals surface area contributed by atoms with Crippen molar-refractivity contribution in [1.82, 2.24) is 4.57 Å². The van der Waals surface area contributed by atoms with E-state index < -0.39 is 12.0 Å². The number of esters is 1. The number of nitrogens with zero attached hydrogens (tertiary/aromatic N) is 2. The van der Waals surface area contributed by atoms with E-state index >= 15 is 0 Å². The Labute approximate surface area is 205 Å². The Kier molecular flexibility index (Phi) is 7.07. The van der Waals surface area contributed by atoms with Crippen LogP contribution >= 0.6 is 34.4 Å². The average molecular weight is 499 g/mol. The molecular formula is C25H26N2O3S3. The summed E-state index contributed by atoms with van der Waals surface area (Å²) in [6.45, 7) is 8.15. The molecule has 33 heavy (non-hydrogen) atoms. The molecular weight excluding hydrogens is 472 g/mol. The molecule has 172 valence electrons. The van der Waals surface area contributed by atoms with Crippen molar-refractivity contribution in [2.45, 2.75) is 38.6 Å². The van der Waals surface area contributed by atoms with Gasteiger partial charge in [0.15, 0.2) is 4.80 Å². The molecule has 4 rings (SSSR count). The van der Waals surface area contributed by atoms with E-state index in [1.165, 1.54) is 11.3 Å². The molecule has 0 fully saturated rings. The Morgan fingerprint density at radius 2 is 1.97 bits per heavy atom. The summed E-state index contributed by atoms with van der Waals surface area (Å²) in [6.07, 6.45) is 3.94. The fourth-order valence-electron chi connectivity index (χ4n) is 3.66. The van der Waals surface area contributed by atoms with Crippen molar-refractivity contribution in [2.75, 3.05) is 12.9 Å². The smallest absolute Gasteiger partial charge is 0.338 e. The van der Waals surface area contributed by atoms with Gasteiger partial charge in [-0.3, -0.25) is 9.36 Å². The third-order valence-electron chi connectivity index (χ3n) is 5.38. The molecule has 1 aromatic carbocycles. The van der Waals surface area contributed by atoms with Gasteiger partial charge in [-0.2, -0.15) is 0 Å². The van der Waals surface area contributed by atoms with Crippen LogP contribution in [0.25, 0.3) is 6.08 Å². The molecule has 0 radical (unpaired) electrons. The van der Waals surface area contributed by atoms with Crippen molar-refractivity contribution in [1.29, 1.82) is 0 Å². The summed E-state index contributed by atoms with van der Waals surface area (Å²) in [7, 11) is 0. The maximum Gasteiger partial charge on any atom is 0.338 e. The predicted octanol–water partition coefficient (Wildman–Crippen LogP) is 4.53. The van der Waals surface area contributed by atoms with Crippen molar-refractivity contribution in [3.05, 3.63) is 82.7 Å². The van der Waals surface area contributed by atoms with E-state index in [1.807, 2.05) is 75.7 Å². The lowest BCUT2D eigenvalue weighted by molar-refractivity contribution is -0.140. The zero-order chi connectivity index (χ0) is 23.7. The minimum absolute atomic E-state index is 0.146. The summed E-state index contributed by atoms with van der Waals surface area (Å²) in [5.74, 6) is -0.211. The van der Waals surface area contributed by atoms with E-state index in [2.05, 4.69) is 4.99 Å². The number of thiazole rings is 1. The zero-order valence-corrected chi connectivity index (χ0v) is 21.7. The van der Waals surface area contributed by atoms with Gasteiger partial charge in [0.2, 0.25) is 0 Å². The molecule has 1 aliphatic heterocycles. The fraction of sp³-hybridized carbons (Fsp3) is 0.320. The van der Waals surface area contributed by atoms with E-state index in [0.29, 0.717) is 27.2 Å². The van der Waals surface area contributed by atoms with Gasteiger partial charge in [0.1, 0.15) is 0 Å². The number of thiophene rings is 1. The van der Waals surface area contributed by atoms with Crippen LogP contribution in [0.3, 0.4) is 0 Å². The molecule has 1 atom stereocenters. The maximum atomic E-state index is 13.6. The largest absolute Gasteiger partial charge is 0.462 e. The van der Waals surface area contributed by atoms with E-state index in [4.69, 9.17) is 4.74 Å². The molecule has 0 saturated heterocycles. The van der Waals surface area contributed by atoms with Crippen molar-refractivity contribution in [2.24, 2.45) is 10.9 Å². The highest BCUT2D eigenvalue weighted by atomic mass is 32.2. The number of allylic oxidation sites excluding steroid dienone is 1. The van der Waals surface area contributed by atoms with Crippen LogP contribution in [0.2, 0.25) is 0 Å². The Balaban J connectivity index is 1.90. The van der Waals surface area contributed by atoms with Gasteiger partial charge in [0, 0.05) is 9.77 Å². The molecule has 1 unspecified atom stereocenters. The summed E-state index contributed by atoms with van der Waals surface area (Å²) in [4.78, 5) is 34.2. The minimum Gasteiger partial charge on any atom is -0.462 e. The molecule has 0 N–H and O–H groups in total. The van der Waals surface area contributed by atoms with Crippen LogP contribution in [0.5, 0.6) is 0 Å². The lowest BCUT2D eigenvalue weighted by Crippen LogP contribution is -2.40. The summed E-state index contributed by atoms with van der Waals surface area (Å²) in [6, 6.07) is 9.44. The van der Waals surface area contributed by atoms with Gasteiger partial charge in [-0.1, -0.05) is 37.3 Å². The number of carbonyl (C=O) groups is 1. The Hall–Kier alpha value is -2.42. The lowest BCUT2D eigenvalue weighted by Gasteiger charge is -2.25. The number of thioether (sulfide) groups is 1. The van der Waals surface area contributed by atoms with Crippen LogP contribution in [0.1, 0.15) is 42.8 Å². The Morgan fingerprint density at radius 3 is 2.58 bits per heavy atom. The maximum absolute atomic E-state index is 13.6. The van der Waals surface area contributed by atoms with Crippen molar-refractivity contribution in [3.63, 3.8) is 0 Å². The third kappa shape index (κ3) is 4.78. The van der Waals surface area contributed by atoms with E-state index in [1.54, 1.807) is 27.7 Å². The van der Waals surface area contributed by atoms with Crippen molar-refractivity contribution in [3.8, 4) is 0 Å². The van der Waals surface area contributed by atoms with Crippen molar-refractivity contribution < 1.29 is 9.53 Å². The second kappa shape index (κ2) is 9.83. The molecule has 5 nitrogen and oxygen atoms in total. The standard InChI is InChI=1S/C25H26N2O3S3/c1-14(2)13-30-24(29)21-16(4)26-25-27(22(21)17-6-8-18(31-5)9-7-17)23(28)20(33-25)12-19-15(3)10-11-32-19/h6-12,14,22H,13H2,1-5H3. The molecule has 8 heteroatoms. The van der Waals surface area contributed by atoms with Crippen LogP contribution in [0, 0.1) is 12.8 Å². The van der Waals surface area contributed by atoms with Gasteiger partial charge in [-0.05, 0) is 66.8 Å². The first-order chi connectivity index (χ1) is 15.8. The molecule has 0 amide bonds. The monoisotopic (exact) mass is 498 g/mol. The van der Waals surface area contributed by atoms with Crippen LogP contribution in [-0.4, -0.2) is 23.4 Å². The summed E-state index contributed by atoms with van der Waals surface area (Å²) in [5.41, 5.74) is 2.84. The number of hydrogen-bond donors (Lipinski definition) is 0. The van der Waals surface area contributed by atoms with Gasteiger partial charge < -0.3 is 4.74 Å².